The number of morpholine rings is 2. The van der Waals surface area contributed by atoms with Crippen molar-refractivity contribution in [3.05, 3.63) is 30.1 Å². The van der Waals surface area contributed by atoms with Gasteiger partial charge in [-0.15, -0.1) is 0 Å². The minimum atomic E-state index is -2.78. The smallest absolute Gasteiger partial charge is 0.296 e. The molecule has 2 saturated heterocycles. The van der Waals surface area contributed by atoms with Crippen molar-refractivity contribution >= 4 is 22.9 Å². The fourth-order valence-electron chi connectivity index (χ4n) is 4.06. The Morgan fingerprint density at radius 2 is 1.69 bits per heavy atom. The van der Waals surface area contributed by atoms with E-state index in [0.717, 1.165) is 0 Å². The number of rotatable bonds is 4. The fraction of sp³-hybridized carbons (Fsp3) is 0.524. The van der Waals surface area contributed by atoms with E-state index in [1.165, 1.54) is 4.57 Å². The molecule has 2 atom stereocenters. The number of para-hydroxylation sites is 2. The van der Waals surface area contributed by atoms with Crippen LogP contribution in [-0.4, -0.2) is 76.1 Å². The zero-order valence-corrected chi connectivity index (χ0v) is 18.0. The molecule has 0 unspecified atom stereocenters. The molecule has 2 fully saturated rings. The maximum absolute atomic E-state index is 14.0. The summed E-state index contributed by atoms with van der Waals surface area (Å²) in [7, 11) is 0. The van der Waals surface area contributed by atoms with Crippen molar-refractivity contribution in [2.45, 2.75) is 32.4 Å². The summed E-state index contributed by atoms with van der Waals surface area (Å²) in [6.07, 6.45) is -2.78. The number of halogens is 2. The number of ether oxygens (including phenoxy) is 2. The van der Waals surface area contributed by atoms with Crippen LogP contribution in [0.3, 0.4) is 0 Å². The van der Waals surface area contributed by atoms with Gasteiger partial charge in [0.25, 0.3) is 6.43 Å². The summed E-state index contributed by atoms with van der Waals surface area (Å²) in [5.41, 5.74) is 0.988. The first kappa shape index (κ1) is 21.0. The largest absolute Gasteiger partial charge is 0.378 e. The highest BCUT2D eigenvalue weighted by atomic mass is 19.3. The Morgan fingerprint density at radius 3 is 2.47 bits per heavy atom. The van der Waals surface area contributed by atoms with Crippen LogP contribution in [0.25, 0.3) is 17.0 Å². The van der Waals surface area contributed by atoms with Crippen LogP contribution >= 0.6 is 0 Å². The minimum Gasteiger partial charge on any atom is -0.378 e. The second-order valence-corrected chi connectivity index (χ2v) is 8.07. The molecule has 0 bridgehead atoms. The monoisotopic (exact) mass is 445 g/mol. The summed E-state index contributed by atoms with van der Waals surface area (Å²) in [5.74, 6) is 0.626. The van der Waals surface area contributed by atoms with E-state index in [0.29, 0.717) is 62.4 Å². The van der Waals surface area contributed by atoms with Crippen molar-refractivity contribution in [2.24, 2.45) is 0 Å². The van der Waals surface area contributed by atoms with Crippen LogP contribution in [0.2, 0.25) is 0 Å². The second kappa shape index (κ2) is 8.55. The van der Waals surface area contributed by atoms with Gasteiger partial charge in [-0.1, -0.05) is 12.1 Å². The third-order valence-corrected chi connectivity index (χ3v) is 5.74. The van der Waals surface area contributed by atoms with E-state index in [-0.39, 0.29) is 23.9 Å². The number of benzene rings is 1. The number of alkyl halides is 2. The molecule has 4 heterocycles. The molecule has 32 heavy (non-hydrogen) atoms. The van der Waals surface area contributed by atoms with Crippen molar-refractivity contribution in [3.63, 3.8) is 0 Å². The molecule has 11 heteroatoms. The topological polar surface area (TPSA) is 81.4 Å². The van der Waals surface area contributed by atoms with Crippen molar-refractivity contribution in [1.29, 1.82) is 0 Å². The molecule has 170 valence electrons. The van der Waals surface area contributed by atoms with Gasteiger partial charge in [0.2, 0.25) is 17.8 Å². The predicted octanol–water partition coefficient (Wildman–Crippen LogP) is 2.60. The summed E-state index contributed by atoms with van der Waals surface area (Å²) in [5, 5.41) is 0. The van der Waals surface area contributed by atoms with Gasteiger partial charge in [-0.2, -0.15) is 15.0 Å². The Labute approximate surface area is 184 Å². The number of hydrogen-bond acceptors (Lipinski definition) is 8. The maximum Gasteiger partial charge on any atom is 0.296 e. The average Bonchev–Trinajstić information content (AvgIpc) is 3.21. The molecular formula is C21H25F2N7O2. The summed E-state index contributed by atoms with van der Waals surface area (Å²) in [6.45, 7) is 7.48. The van der Waals surface area contributed by atoms with E-state index in [9.17, 15) is 8.78 Å². The Hall–Kier alpha value is -2.92. The van der Waals surface area contributed by atoms with E-state index in [1.807, 2.05) is 23.6 Å². The Balaban J connectivity index is 1.68. The van der Waals surface area contributed by atoms with Gasteiger partial charge in [-0.25, -0.2) is 13.8 Å². The molecule has 3 aromatic rings. The average molecular weight is 445 g/mol. The third-order valence-electron chi connectivity index (χ3n) is 5.74. The molecule has 0 radical (unpaired) electrons. The van der Waals surface area contributed by atoms with Crippen molar-refractivity contribution < 1.29 is 18.3 Å². The number of imidazole rings is 1. The van der Waals surface area contributed by atoms with Crippen LogP contribution in [0.5, 0.6) is 0 Å². The highest BCUT2D eigenvalue weighted by Crippen LogP contribution is 2.29. The minimum absolute atomic E-state index is 0.00366. The first-order valence-electron chi connectivity index (χ1n) is 10.7. The lowest BCUT2D eigenvalue weighted by Crippen LogP contribution is -2.48. The van der Waals surface area contributed by atoms with E-state index >= 15 is 0 Å². The Bertz CT molecular complexity index is 1100. The number of hydrogen-bond donors (Lipinski definition) is 0. The molecule has 1 aromatic carbocycles. The molecular weight excluding hydrogens is 420 g/mol. The lowest BCUT2D eigenvalue weighted by molar-refractivity contribution is 0.0336. The van der Waals surface area contributed by atoms with Crippen molar-refractivity contribution in [1.82, 2.24) is 24.5 Å². The third kappa shape index (κ3) is 3.86. The Morgan fingerprint density at radius 1 is 0.969 bits per heavy atom. The van der Waals surface area contributed by atoms with Gasteiger partial charge in [0.05, 0.1) is 43.0 Å². The summed E-state index contributed by atoms with van der Waals surface area (Å²) in [4.78, 5) is 22.2. The van der Waals surface area contributed by atoms with Crippen molar-refractivity contribution in [2.75, 3.05) is 49.3 Å². The van der Waals surface area contributed by atoms with Crippen LogP contribution in [-0.2, 0) is 9.47 Å². The van der Waals surface area contributed by atoms with Gasteiger partial charge in [0.1, 0.15) is 0 Å². The molecule has 0 spiro atoms. The number of aromatic nitrogens is 5. The van der Waals surface area contributed by atoms with Gasteiger partial charge in [0, 0.05) is 19.6 Å². The van der Waals surface area contributed by atoms with E-state index in [4.69, 9.17) is 14.5 Å². The highest BCUT2D eigenvalue weighted by Gasteiger charge is 2.29. The molecule has 9 nitrogen and oxygen atoms in total. The zero-order valence-electron chi connectivity index (χ0n) is 18.0. The predicted molar refractivity (Wildman–Crippen MR) is 115 cm³/mol. The van der Waals surface area contributed by atoms with Crippen LogP contribution in [0.4, 0.5) is 20.7 Å². The summed E-state index contributed by atoms with van der Waals surface area (Å²) < 4.78 is 40.5. The fourth-order valence-corrected chi connectivity index (χ4v) is 4.06. The Kier molecular flexibility index (Phi) is 5.60. The molecule has 2 aliphatic rings. The number of anilines is 2. The van der Waals surface area contributed by atoms with Gasteiger partial charge in [0.15, 0.2) is 5.82 Å². The molecule has 0 N–H and O–H groups in total. The van der Waals surface area contributed by atoms with Gasteiger partial charge in [-0.05, 0) is 26.0 Å². The zero-order chi connectivity index (χ0) is 22.2. The molecule has 2 aromatic heterocycles. The van der Waals surface area contributed by atoms with Gasteiger partial charge in [-0.3, -0.25) is 4.57 Å². The SMILES string of the molecule is C[C@@H]1CN(c2nc(N3CCOCC3)nc(-n3c(C(F)F)nc4ccccc43)n2)[C@@H](C)CO1. The molecule has 5 rings (SSSR count). The second-order valence-electron chi connectivity index (χ2n) is 8.07. The lowest BCUT2D eigenvalue weighted by atomic mass is 10.2. The first-order valence-corrected chi connectivity index (χ1v) is 10.7. The quantitative estimate of drug-likeness (QED) is 0.606. The normalized spacial score (nSPS) is 22.2. The van der Waals surface area contributed by atoms with E-state index in [1.54, 1.807) is 24.3 Å². The van der Waals surface area contributed by atoms with Gasteiger partial charge >= 0.3 is 0 Å². The van der Waals surface area contributed by atoms with Crippen LogP contribution in [0.1, 0.15) is 26.1 Å². The highest BCUT2D eigenvalue weighted by molar-refractivity contribution is 5.77. The van der Waals surface area contributed by atoms with E-state index in [2.05, 4.69) is 15.0 Å². The number of fused-ring (bicyclic) bond motifs is 1. The molecule has 2 aliphatic heterocycles. The van der Waals surface area contributed by atoms with E-state index < -0.39 is 6.43 Å². The molecule has 0 amide bonds. The first-order chi connectivity index (χ1) is 15.5. The lowest BCUT2D eigenvalue weighted by Gasteiger charge is -2.37. The molecule has 0 saturated carbocycles. The van der Waals surface area contributed by atoms with Crippen molar-refractivity contribution in [3.8, 4) is 5.95 Å². The number of nitrogens with zero attached hydrogens (tertiary/aromatic N) is 7. The summed E-state index contributed by atoms with van der Waals surface area (Å²) >= 11 is 0. The standard InChI is InChI=1S/C21H25F2N7O2/c1-13-12-32-14(2)11-29(13)20-25-19(28-7-9-31-10-8-28)26-21(27-20)30-16-6-4-3-5-15(16)24-18(30)17(22)23/h3-6,13-14,17H,7-12H2,1-2H3/t13-,14+/m0/s1. The molecule has 0 aliphatic carbocycles. The maximum atomic E-state index is 14.0. The summed E-state index contributed by atoms with van der Waals surface area (Å²) in [6, 6.07) is 7.03. The van der Waals surface area contributed by atoms with Gasteiger partial charge < -0.3 is 19.3 Å². The van der Waals surface area contributed by atoms with Crippen LogP contribution in [0.15, 0.2) is 24.3 Å². The van der Waals surface area contributed by atoms with Crippen LogP contribution in [0, 0.1) is 0 Å². The van der Waals surface area contributed by atoms with Crippen LogP contribution < -0.4 is 9.80 Å².